The lowest BCUT2D eigenvalue weighted by molar-refractivity contribution is -0.117. The Bertz CT molecular complexity index is 345. The second kappa shape index (κ2) is 3.44. The molecule has 0 radical (unpaired) electrons. The maximum atomic E-state index is 11.6. The highest BCUT2D eigenvalue weighted by molar-refractivity contribution is 5.94. The van der Waals surface area contributed by atoms with Gasteiger partial charge in [-0.3, -0.25) is 9.89 Å². The zero-order chi connectivity index (χ0) is 10.1. The molecular weight excluding hydrogens is 178 g/mol. The number of hydrogen-bond acceptors (Lipinski definition) is 2. The molecule has 1 aromatic rings. The Labute approximate surface area is 83.1 Å². The molecule has 1 saturated carbocycles. The fourth-order valence-electron chi connectivity index (χ4n) is 1.71. The summed E-state index contributed by atoms with van der Waals surface area (Å²) in [6.07, 6.45) is 3.84. The minimum absolute atomic E-state index is 0.129. The smallest absolute Gasteiger partial charge is 0.228 e. The predicted molar refractivity (Wildman–Crippen MR) is 53.8 cm³/mol. The van der Waals surface area contributed by atoms with E-state index in [1.165, 1.54) is 0 Å². The van der Waals surface area contributed by atoms with Gasteiger partial charge in [-0.15, -0.1) is 0 Å². The van der Waals surface area contributed by atoms with E-state index < -0.39 is 0 Å². The van der Waals surface area contributed by atoms with Crippen LogP contribution in [-0.2, 0) is 4.79 Å². The van der Waals surface area contributed by atoms with Crippen LogP contribution in [0.3, 0.4) is 0 Å². The summed E-state index contributed by atoms with van der Waals surface area (Å²) in [6.45, 7) is 4.04. The van der Waals surface area contributed by atoms with Gasteiger partial charge in [0.15, 0.2) is 0 Å². The standard InChI is InChI=1S/C10H15N3O/c1-3-7-4-8(7)10(14)12-9-6(2)5-11-13-9/h5,7-8H,3-4H2,1-2H3,(H2,11,12,13,14)/t7-,8-/m1/s1. The molecule has 0 aliphatic heterocycles. The van der Waals surface area contributed by atoms with Gasteiger partial charge in [0.2, 0.25) is 5.91 Å². The summed E-state index contributed by atoms with van der Waals surface area (Å²) in [6, 6.07) is 0. The molecule has 1 heterocycles. The van der Waals surface area contributed by atoms with Crippen LogP contribution in [0.15, 0.2) is 6.20 Å². The molecule has 1 amide bonds. The monoisotopic (exact) mass is 193 g/mol. The highest BCUT2D eigenvalue weighted by atomic mass is 16.2. The molecule has 0 spiro atoms. The topological polar surface area (TPSA) is 57.8 Å². The molecule has 0 bridgehead atoms. The largest absolute Gasteiger partial charge is 0.311 e. The molecule has 76 valence electrons. The zero-order valence-corrected chi connectivity index (χ0v) is 8.50. The van der Waals surface area contributed by atoms with Crippen LogP contribution >= 0.6 is 0 Å². The number of aryl methyl sites for hydroxylation is 1. The lowest BCUT2D eigenvalue weighted by Gasteiger charge is -2.02. The first-order valence-electron chi connectivity index (χ1n) is 5.03. The molecule has 1 aliphatic rings. The third kappa shape index (κ3) is 1.64. The third-order valence-electron chi connectivity index (χ3n) is 2.86. The van der Waals surface area contributed by atoms with Gasteiger partial charge in [-0.05, 0) is 19.3 Å². The number of carbonyl (C=O) groups excluding carboxylic acids is 1. The Hall–Kier alpha value is -1.32. The van der Waals surface area contributed by atoms with Crippen LogP contribution in [0.5, 0.6) is 0 Å². The van der Waals surface area contributed by atoms with E-state index in [4.69, 9.17) is 0 Å². The summed E-state index contributed by atoms with van der Waals surface area (Å²) in [5.74, 6) is 1.68. The molecule has 0 unspecified atom stereocenters. The van der Waals surface area contributed by atoms with Crippen molar-refractivity contribution < 1.29 is 4.79 Å². The number of amides is 1. The number of aromatic amines is 1. The summed E-state index contributed by atoms with van der Waals surface area (Å²) in [5.41, 5.74) is 0.979. The molecule has 0 aromatic carbocycles. The van der Waals surface area contributed by atoms with E-state index in [-0.39, 0.29) is 11.8 Å². The van der Waals surface area contributed by atoms with E-state index in [0.717, 1.165) is 24.2 Å². The van der Waals surface area contributed by atoms with Gasteiger partial charge in [-0.1, -0.05) is 13.3 Å². The molecule has 4 heteroatoms. The fraction of sp³-hybridized carbons (Fsp3) is 0.600. The van der Waals surface area contributed by atoms with Gasteiger partial charge in [0.25, 0.3) is 0 Å². The van der Waals surface area contributed by atoms with Crippen LogP contribution in [0.25, 0.3) is 0 Å². The van der Waals surface area contributed by atoms with Gasteiger partial charge in [-0.25, -0.2) is 0 Å². The van der Waals surface area contributed by atoms with E-state index in [1.807, 2.05) is 6.92 Å². The Balaban J connectivity index is 1.93. The van der Waals surface area contributed by atoms with E-state index in [0.29, 0.717) is 5.92 Å². The molecule has 1 fully saturated rings. The number of nitrogens with zero attached hydrogens (tertiary/aromatic N) is 1. The highest BCUT2D eigenvalue weighted by Crippen LogP contribution is 2.41. The highest BCUT2D eigenvalue weighted by Gasteiger charge is 2.41. The van der Waals surface area contributed by atoms with Crippen LogP contribution < -0.4 is 5.32 Å². The third-order valence-corrected chi connectivity index (χ3v) is 2.86. The van der Waals surface area contributed by atoms with Crippen molar-refractivity contribution in [2.24, 2.45) is 11.8 Å². The van der Waals surface area contributed by atoms with Crippen molar-refractivity contribution in [3.05, 3.63) is 11.8 Å². The summed E-state index contributed by atoms with van der Waals surface area (Å²) in [5, 5.41) is 9.48. The fourth-order valence-corrected chi connectivity index (χ4v) is 1.71. The van der Waals surface area contributed by atoms with E-state index in [1.54, 1.807) is 6.20 Å². The minimum Gasteiger partial charge on any atom is -0.311 e. The van der Waals surface area contributed by atoms with Crippen LogP contribution in [-0.4, -0.2) is 16.1 Å². The average Bonchev–Trinajstić information content (AvgIpc) is 2.87. The molecule has 2 N–H and O–H groups in total. The van der Waals surface area contributed by atoms with Crippen LogP contribution in [0.1, 0.15) is 25.3 Å². The van der Waals surface area contributed by atoms with Gasteiger partial charge in [-0.2, -0.15) is 5.10 Å². The second-order valence-electron chi connectivity index (χ2n) is 3.93. The van der Waals surface area contributed by atoms with Crippen molar-refractivity contribution >= 4 is 11.7 Å². The zero-order valence-electron chi connectivity index (χ0n) is 8.50. The lowest BCUT2D eigenvalue weighted by atomic mass is 10.2. The average molecular weight is 193 g/mol. The molecule has 1 aliphatic carbocycles. The van der Waals surface area contributed by atoms with Crippen molar-refractivity contribution in [1.29, 1.82) is 0 Å². The first kappa shape index (κ1) is 9.24. The SMILES string of the molecule is CC[C@@H]1C[C@H]1C(=O)Nc1[nH]ncc1C. The quantitative estimate of drug-likeness (QED) is 0.767. The molecule has 2 rings (SSSR count). The summed E-state index contributed by atoms with van der Waals surface area (Å²) >= 11 is 0. The van der Waals surface area contributed by atoms with Crippen molar-refractivity contribution in [1.82, 2.24) is 10.2 Å². The van der Waals surface area contributed by atoms with Crippen molar-refractivity contribution in [2.75, 3.05) is 5.32 Å². The number of hydrogen-bond donors (Lipinski definition) is 2. The van der Waals surface area contributed by atoms with Crippen molar-refractivity contribution in [3.63, 3.8) is 0 Å². The number of anilines is 1. The number of rotatable bonds is 3. The Morgan fingerprint density at radius 2 is 2.57 bits per heavy atom. The summed E-state index contributed by atoms with van der Waals surface area (Å²) < 4.78 is 0. The van der Waals surface area contributed by atoms with Crippen molar-refractivity contribution in [3.8, 4) is 0 Å². The van der Waals surface area contributed by atoms with Crippen molar-refractivity contribution in [2.45, 2.75) is 26.7 Å². The van der Waals surface area contributed by atoms with Crippen LogP contribution in [0, 0.1) is 18.8 Å². The van der Waals surface area contributed by atoms with Gasteiger partial charge in [0.1, 0.15) is 5.82 Å². The normalized spacial score (nSPS) is 24.7. The maximum Gasteiger partial charge on any atom is 0.228 e. The van der Waals surface area contributed by atoms with Gasteiger partial charge in [0.05, 0.1) is 6.20 Å². The maximum absolute atomic E-state index is 11.6. The first-order chi connectivity index (χ1) is 6.72. The molecular formula is C10H15N3O. The molecule has 1 aromatic heterocycles. The number of nitrogens with one attached hydrogen (secondary N) is 2. The van der Waals surface area contributed by atoms with Gasteiger partial charge < -0.3 is 5.32 Å². The summed E-state index contributed by atoms with van der Waals surface area (Å²) in [4.78, 5) is 11.6. The van der Waals surface area contributed by atoms with Gasteiger partial charge >= 0.3 is 0 Å². The Morgan fingerprint density at radius 3 is 3.07 bits per heavy atom. The molecule has 4 nitrogen and oxygen atoms in total. The second-order valence-corrected chi connectivity index (χ2v) is 3.93. The lowest BCUT2D eigenvalue weighted by Crippen LogP contribution is -2.15. The van der Waals surface area contributed by atoms with E-state index in [2.05, 4.69) is 22.4 Å². The Kier molecular flexibility index (Phi) is 2.27. The molecule has 14 heavy (non-hydrogen) atoms. The summed E-state index contributed by atoms with van der Waals surface area (Å²) in [7, 11) is 0. The van der Waals surface area contributed by atoms with Crippen LogP contribution in [0.4, 0.5) is 5.82 Å². The number of H-pyrrole nitrogens is 1. The van der Waals surface area contributed by atoms with Gasteiger partial charge in [0, 0.05) is 11.5 Å². The molecule has 2 atom stereocenters. The van der Waals surface area contributed by atoms with Crippen LogP contribution in [0.2, 0.25) is 0 Å². The first-order valence-corrected chi connectivity index (χ1v) is 5.03. The minimum atomic E-state index is 0.129. The van der Waals surface area contributed by atoms with E-state index >= 15 is 0 Å². The predicted octanol–water partition coefficient (Wildman–Crippen LogP) is 1.70. The Morgan fingerprint density at radius 1 is 1.79 bits per heavy atom. The number of carbonyl (C=O) groups is 1. The molecule has 0 saturated heterocycles. The van der Waals surface area contributed by atoms with E-state index in [9.17, 15) is 4.79 Å². The number of aromatic nitrogens is 2.